The molecule has 0 heterocycles. The number of hydrogen-bond acceptors (Lipinski definition) is 3. The molecule has 1 aromatic rings. The van der Waals surface area contributed by atoms with E-state index >= 15 is 0 Å². The average Bonchev–Trinajstić information content (AvgIpc) is 2.47. The Kier molecular flexibility index (Phi) is 8.70. The molecule has 1 rings (SSSR count). The molecular weight excluding hydrogens is 319 g/mol. The minimum atomic E-state index is -3.65. The molecule has 1 aromatic carbocycles. The number of unbranched alkanes of at least 4 members (excludes halogenated alkanes) is 6. The second-order valence-electron chi connectivity index (χ2n) is 7.97. The summed E-state index contributed by atoms with van der Waals surface area (Å²) >= 11 is 0. The van der Waals surface area contributed by atoms with Gasteiger partial charge in [-0.25, -0.2) is 0 Å². The van der Waals surface area contributed by atoms with Gasteiger partial charge in [0.25, 0.3) is 0 Å². The normalized spacial score (nSPS) is 13.1. The van der Waals surface area contributed by atoms with Crippen LogP contribution in [0.25, 0.3) is 0 Å². The molecule has 0 amide bonds. The predicted molar refractivity (Wildman–Crippen MR) is 106 cm³/mol. The third-order valence-corrected chi connectivity index (χ3v) is 5.87. The quantitative estimate of drug-likeness (QED) is 0.405. The van der Waals surface area contributed by atoms with Crippen molar-refractivity contribution >= 4 is 7.94 Å². The number of rotatable bonds is 10. The number of hydrogen-bond donors (Lipinski definition) is 2. The van der Waals surface area contributed by atoms with Gasteiger partial charge in [-0.05, 0) is 0 Å². The molecule has 0 spiro atoms. The Morgan fingerprint density at radius 1 is 0.958 bits per heavy atom. The number of aryl methyl sites for hydroxylation is 1. The maximum atomic E-state index is 10.3. The van der Waals surface area contributed by atoms with Gasteiger partial charge in [-0.1, -0.05) is 0 Å². The molecule has 140 valence electrons. The summed E-state index contributed by atoms with van der Waals surface area (Å²) < 4.78 is 5.71. The fourth-order valence-electron chi connectivity index (χ4n) is 2.86. The predicted octanol–water partition coefficient (Wildman–Crippen LogP) is 5.90. The molecule has 0 saturated heterocycles. The van der Waals surface area contributed by atoms with E-state index in [0.29, 0.717) is 11.9 Å². The topological polar surface area (TPSA) is 49.7 Å². The van der Waals surface area contributed by atoms with Crippen molar-refractivity contribution in [2.24, 2.45) is 0 Å². The van der Waals surface area contributed by atoms with E-state index in [1.54, 1.807) is 0 Å². The van der Waals surface area contributed by atoms with Crippen molar-refractivity contribution in [2.45, 2.75) is 85.0 Å². The van der Waals surface area contributed by atoms with Crippen molar-refractivity contribution in [2.75, 3.05) is 6.16 Å². The second kappa shape index (κ2) is 9.75. The maximum absolute atomic E-state index is 10.3. The zero-order valence-corrected chi connectivity index (χ0v) is 17.2. The third kappa shape index (κ3) is 7.96. The van der Waals surface area contributed by atoms with Gasteiger partial charge in [-0.3, -0.25) is 0 Å². The van der Waals surface area contributed by atoms with E-state index < -0.39 is 7.94 Å². The Morgan fingerprint density at radius 3 is 2.12 bits per heavy atom. The monoisotopic (exact) mass is 356 g/mol. The summed E-state index contributed by atoms with van der Waals surface area (Å²) in [6, 6.07) is 5.91. The first-order valence-electron chi connectivity index (χ1n) is 9.40. The Morgan fingerprint density at radius 2 is 1.54 bits per heavy atom. The zero-order chi connectivity index (χ0) is 18.2. The molecular formula is C20H37O3P. The first-order chi connectivity index (χ1) is 11.2. The molecule has 0 aliphatic carbocycles. The second-order valence-corrected chi connectivity index (χ2v) is 10.2. The van der Waals surface area contributed by atoms with Crippen molar-refractivity contribution in [3.05, 3.63) is 29.3 Å². The van der Waals surface area contributed by atoms with Crippen molar-refractivity contribution in [3.8, 4) is 5.75 Å². The van der Waals surface area contributed by atoms with Gasteiger partial charge < -0.3 is 0 Å². The summed E-state index contributed by atoms with van der Waals surface area (Å²) in [5.74, 6) is 0.618. The van der Waals surface area contributed by atoms with Gasteiger partial charge >= 0.3 is 148 Å². The molecule has 0 aliphatic heterocycles. The van der Waals surface area contributed by atoms with E-state index in [-0.39, 0.29) is 5.41 Å². The molecule has 0 bridgehead atoms. The summed E-state index contributed by atoms with van der Waals surface area (Å²) in [6.07, 6.45) is 8.48. The van der Waals surface area contributed by atoms with Crippen LogP contribution in [0.3, 0.4) is 0 Å². The van der Waals surface area contributed by atoms with Crippen molar-refractivity contribution < 1.29 is 14.3 Å². The zero-order valence-electron chi connectivity index (χ0n) is 16.2. The molecule has 0 fully saturated rings. The van der Waals surface area contributed by atoms with Crippen LogP contribution in [-0.4, -0.2) is 15.9 Å². The van der Waals surface area contributed by atoms with Crippen molar-refractivity contribution in [1.82, 2.24) is 0 Å². The van der Waals surface area contributed by atoms with E-state index in [4.69, 9.17) is 4.52 Å². The van der Waals surface area contributed by atoms with Gasteiger partial charge in [0, 0.05) is 0 Å². The first-order valence-corrected chi connectivity index (χ1v) is 11.4. The van der Waals surface area contributed by atoms with Gasteiger partial charge in [-0.2, -0.15) is 0 Å². The summed E-state index contributed by atoms with van der Waals surface area (Å²) in [7, 11) is -3.65. The Hall–Kier alpha value is -0.630. The molecule has 0 atom stereocenters. The van der Waals surface area contributed by atoms with Crippen LogP contribution in [0, 0.1) is 6.92 Å². The summed E-state index contributed by atoms with van der Waals surface area (Å²) in [5.41, 5.74) is 2.09. The Bertz CT molecular complexity index is 492. The molecule has 2 N–H and O–H groups in total. The molecule has 0 radical (unpaired) electrons. The van der Waals surface area contributed by atoms with E-state index in [0.717, 1.165) is 24.0 Å². The Labute approximate surface area is 149 Å². The standard InChI is InChI=1S/C20H37O3P/c1-6-7-8-9-10-11-12-15-24(21,22)23-19-14-13-17(2)16-18(19)20(3,4)5/h13-14,16,21-22,24H,6-12,15H2,1-5H3. The molecule has 0 saturated carbocycles. The summed E-state index contributed by atoms with van der Waals surface area (Å²) in [5, 5.41) is 0. The van der Waals surface area contributed by atoms with Gasteiger partial charge in [0.15, 0.2) is 0 Å². The number of benzene rings is 1. The fourth-order valence-corrected chi connectivity index (χ4v) is 4.20. The first kappa shape index (κ1) is 21.4. The van der Waals surface area contributed by atoms with Crippen LogP contribution in [-0.2, 0) is 5.41 Å². The van der Waals surface area contributed by atoms with Gasteiger partial charge in [0.1, 0.15) is 0 Å². The van der Waals surface area contributed by atoms with Crippen LogP contribution in [0.1, 0.15) is 83.8 Å². The van der Waals surface area contributed by atoms with Gasteiger partial charge in [-0.15, -0.1) is 0 Å². The molecule has 0 aromatic heterocycles. The summed E-state index contributed by atoms with van der Waals surface area (Å²) in [6.45, 7) is 10.6. The Balaban J connectivity index is 2.55. The average molecular weight is 356 g/mol. The van der Waals surface area contributed by atoms with Crippen LogP contribution in [0.2, 0.25) is 0 Å². The van der Waals surface area contributed by atoms with Crippen LogP contribution < -0.4 is 4.52 Å². The molecule has 24 heavy (non-hydrogen) atoms. The van der Waals surface area contributed by atoms with Crippen LogP contribution >= 0.6 is 7.94 Å². The van der Waals surface area contributed by atoms with E-state index in [2.05, 4.69) is 33.8 Å². The van der Waals surface area contributed by atoms with Gasteiger partial charge in [0.2, 0.25) is 0 Å². The third-order valence-electron chi connectivity index (χ3n) is 4.32. The summed E-state index contributed by atoms with van der Waals surface area (Å²) in [4.78, 5) is 20.7. The molecule has 4 heteroatoms. The van der Waals surface area contributed by atoms with E-state index in [1.807, 2.05) is 19.1 Å². The fraction of sp³-hybridized carbons (Fsp3) is 0.700. The van der Waals surface area contributed by atoms with E-state index in [1.165, 1.54) is 32.1 Å². The minimum absolute atomic E-state index is 0.0922. The molecule has 3 nitrogen and oxygen atoms in total. The van der Waals surface area contributed by atoms with Crippen LogP contribution in [0.5, 0.6) is 5.75 Å². The van der Waals surface area contributed by atoms with Crippen molar-refractivity contribution in [1.29, 1.82) is 0 Å². The van der Waals surface area contributed by atoms with Crippen molar-refractivity contribution in [3.63, 3.8) is 0 Å². The van der Waals surface area contributed by atoms with Crippen LogP contribution in [0.4, 0.5) is 0 Å². The SMILES string of the molecule is CCCCCCCCC[PH](O)(O)Oc1ccc(C)cc1C(C)(C)C. The van der Waals surface area contributed by atoms with Gasteiger partial charge in [0.05, 0.1) is 0 Å². The van der Waals surface area contributed by atoms with Crippen LogP contribution in [0.15, 0.2) is 18.2 Å². The molecule has 0 unspecified atom stereocenters. The molecule has 0 aliphatic rings. The van der Waals surface area contributed by atoms with E-state index in [9.17, 15) is 9.79 Å².